The molecule has 0 aliphatic heterocycles. The molecule has 0 aliphatic rings. The lowest BCUT2D eigenvalue weighted by Crippen LogP contribution is -2.33. The summed E-state index contributed by atoms with van der Waals surface area (Å²) in [6, 6.07) is 1.54. The SMILES string of the molecule is CNC(=O)CN(C)c1cc(Cl)nc(Cl)n1. The predicted molar refractivity (Wildman–Crippen MR) is 59.4 cm³/mol. The highest BCUT2D eigenvalue weighted by Gasteiger charge is 2.09. The third kappa shape index (κ3) is 3.53. The van der Waals surface area contributed by atoms with E-state index in [1.165, 1.54) is 6.07 Å². The first kappa shape index (κ1) is 12.0. The van der Waals surface area contributed by atoms with Crippen molar-refractivity contribution in [2.45, 2.75) is 0 Å². The average Bonchev–Trinajstić information content (AvgIpc) is 2.16. The lowest BCUT2D eigenvalue weighted by molar-refractivity contribution is -0.119. The molecular formula is C8H10Cl2N4O. The Balaban J connectivity index is 2.81. The highest BCUT2D eigenvalue weighted by molar-refractivity contribution is 6.32. The van der Waals surface area contributed by atoms with Crippen molar-refractivity contribution in [3.63, 3.8) is 0 Å². The van der Waals surface area contributed by atoms with Crippen molar-refractivity contribution in [3.05, 3.63) is 16.5 Å². The van der Waals surface area contributed by atoms with Crippen LogP contribution in [0, 0.1) is 0 Å². The number of likely N-dealkylation sites (N-methyl/N-ethyl adjacent to an activating group) is 2. The molecular weight excluding hydrogens is 239 g/mol. The van der Waals surface area contributed by atoms with Gasteiger partial charge < -0.3 is 10.2 Å². The molecule has 7 heteroatoms. The zero-order valence-electron chi connectivity index (χ0n) is 8.29. The summed E-state index contributed by atoms with van der Waals surface area (Å²) in [4.78, 5) is 20.4. The van der Waals surface area contributed by atoms with Crippen LogP contribution in [0.5, 0.6) is 0 Å². The minimum atomic E-state index is -0.122. The summed E-state index contributed by atoms with van der Waals surface area (Å²) in [5.74, 6) is 0.381. The fourth-order valence-corrected chi connectivity index (χ4v) is 1.35. The number of aromatic nitrogens is 2. The van der Waals surface area contributed by atoms with Crippen molar-refractivity contribution < 1.29 is 4.79 Å². The molecule has 0 aromatic carbocycles. The van der Waals surface area contributed by atoms with Crippen LogP contribution in [0.15, 0.2) is 6.07 Å². The van der Waals surface area contributed by atoms with Crippen LogP contribution in [-0.2, 0) is 4.79 Å². The van der Waals surface area contributed by atoms with Crippen molar-refractivity contribution in [2.75, 3.05) is 25.5 Å². The van der Waals surface area contributed by atoms with Gasteiger partial charge in [0.1, 0.15) is 11.0 Å². The van der Waals surface area contributed by atoms with Gasteiger partial charge in [-0.15, -0.1) is 0 Å². The van der Waals surface area contributed by atoms with Crippen molar-refractivity contribution in [2.24, 2.45) is 0 Å². The number of carbonyl (C=O) groups excluding carboxylic acids is 1. The average molecular weight is 249 g/mol. The van der Waals surface area contributed by atoms with Crippen molar-refractivity contribution in [1.82, 2.24) is 15.3 Å². The molecule has 0 radical (unpaired) electrons. The molecule has 0 fully saturated rings. The Kier molecular flexibility index (Phi) is 4.11. The fraction of sp³-hybridized carbons (Fsp3) is 0.375. The Bertz CT molecular complexity index is 351. The van der Waals surface area contributed by atoms with E-state index in [1.54, 1.807) is 19.0 Å². The van der Waals surface area contributed by atoms with Gasteiger partial charge >= 0.3 is 0 Å². The first-order valence-corrected chi connectivity index (χ1v) is 4.90. The molecule has 0 spiro atoms. The number of hydrogen-bond acceptors (Lipinski definition) is 4. The zero-order chi connectivity index (χ0) is 11.4. The molecule has 15 heavy (non-hydrogen) atoms. The second-order valence-corrected chi connectivity index (χ2v) is 3.57. The summed E-state index contributed by atoms with van der Waals surface area (Å²) < 4.78 is 0. The van der Waals surface area contributed by atoms with Crippen LogP contribution in [0.3, 0.4) is 0 Å². The molecule has 0 unspecified atom stereocenters. The lowest BCUT2D eigenvalue weighted by atomic mass is 10.4. The van der Waals surface area contributed by atoms with E-state index >= 15 is 0 Å². The van der Waals surface area contributed by atoms with Crippen LogP contribution in [0.4, 0.5) is 5.82 Å². The molecule has 1 aromatic heterocycles. The first-order valence-electron chi connectivity index (χ1n) is 4.14. The fourth-order valence-electron chi connectivity index (χ4n) is 0.950. The normalized spacial score (nSPS) is 9.87. The third-order valence-corrected chi connectivity index (χ3v) is 2.07. The summed E-state index contributed by atoms with van der Waals surface area (Å²) >= 11 is 11.3. The van der Waals surface area contributed by atoms with E-state index in [4.69, 9.17) is 23.2 Å². The molecule has 1 heterocycles. The van der Waals surface area contributed by atoms with Crippen molar-refractivity contribution in [1.29, 1.82) is 0 Å². The molecule has 1 rings (SSSR count). The van der Waals surface area contributed by atoms with E-state index in [2.05, 4.69) is 15.3 Å². The Morgan fingerprint density at radius 1 is 1.53 bits per heavy atom. The number of rotatable bonds is 3. The van der Waals surface area contributed by atoms with Gasteiger partial charge in [-0.25, -0.2) is 9.97 Å². The van der Waals surface area contributed by atoms with Crippen LogP contribution in [-0.4, -0.2) is 36.5 Å². The quantitative estimate of drug-likeness (QED) is 0.640. The second kappa shape index (κ2) is 5.14. The van der Waals surface area contributed by atoms with Gasteiger partial charge in [-0.3, -0.25) is 4.79 Å². The van der Waals surface area contributed by atoms with Gasteiger partial charge in [0.2, 0.25) is 11.2 Å². The number of amides is 1. The Morgan fingerprint density at radius 2 is 2.20 bits per heavy atom. The zero-order valence-corrected chi connectivity index (χ0v) is 9.80. The van der Waals surface area contributed by atoms with E-state index in [-0.39, 0.29) is 22.9 Å². The number of nitrogens with zero attached hydrogens (tertiary/aromatic N) is 3. The topological polar surface area (TPSA) is 58.1 Å². The maximum absolute atomic E-state index is 11.1. The van der Waals surface area contributed by atoms with Crippen LogP contribution in [0.1, 0.15) is 0 Å². The molecule has 82 valence electrons. The van der Waals surface area contributed by atoms with Gasteiger partial charge in [-0.05, 0) is 11.6 Å². The number of halogens is 2. The summed E-state index contributed by atoms with van der Waals surface area (Å²) in [6.07, 6.45) is 0. The number of anilines is 1. The standard InChI is InChI=1S/C8H10Cl2N4O/c1-11-7(15)4-14(2)6-3-5(9)12-8(10)13-6/h3H,4H2,1-2H3,(H,11,15). The van der Waals surface area contributed by atoms with Gasteiger partial charge in [-0.2, -0.15) is 0 Å². The lowest BCUT2D eigenvalue weighted by Gasteiger charge is -2.16. The van der Waals surface area contributed by atoms with Gasteiger partial charge in [0.25, 0.3) is 0 Å². The van der Waals surface area contributed by atoms with Crippen LogP contribution < -0.4 is 10.2 Å². The molecule has 1 amide bonds. The van der Waals surface area contributed by atoms with Gasteiger partial charge in [-0.1, -0.05) is 11.6 Å². The maximum atomic E-state index is 11.1. The molecule has 1 aromatic rings. The molecule has 0 atom stereocenters. The maximum Gasteiger partial charge on any atom is 0.239 e. The summed E-state index contributed by atoms with van der Waals surface area (Å²) in [7, 11) is 3.28. The predicted octanol–water partition coefficient (Wildman–Crippen LogP) is 0.966. The number of hydrogen-bond donors (Lipinski definition) is 1. The van der Waals surface area contributed by atoms with Gasteiger partial charge in [0.15, 0.2) is 0 Å². The van der Waals surface area contributed by atoms with E-state index in [0.717, 1.165) is 0 Å². The minimum absolute atomic E-state index is 0.0567. The van der Waals surface area contributed by atoms with Crippen LogP contribution in [0.2, 0.25) is 10.4 Å². The molecule has 0 bridgehead atoms. The summed E-state index contributed by atoms with van der Waals surface area (Å²) in [5.41, 5.74) is 0. The van der Waals surface area contributed by atoms with E-state index < -0.39 is 0 Å². The van der Waals surface area contributed by atoms with Crippen LogP contribution in [0.25, 0.3) is 0 Å². The summed E-state index contributed by atoms with van der Waals surface area (Å²) in [5, 5.41) is 2.81. The largest absolute Gasteiger partial charge is 0.358 e. The first-order chi connectivity index (χ1) is 7.02. The highest BCUT2D eigenvalue weighted by Crippen LogP contribution is 2.16. The Labute approximate surface area is 97.4 Å². The Morgan fingerprint density at radius 3 is 2.73 bits per heavy atom. The van der Waals surface area contributed by atoms with Gasteiger partial charge in [0.05, 0.1) is 6.54 Å². The van der Waals surface area contributed by atoms with Crippen LogP contribution >= 0.6 is 23.2 Å². The monoisotopic (exact) mass is 248 g/mol. The second-order valence-electron chi connectivity index (χ2n) is 2.85. The molecule has 0 aliphatic carbocycles. The van der Waals surface area contributed by atoms with Crippen molar-refractivity contribution in [3.8, 4) is 0 Å². The highest BCUT2D eigenvalue weighted by atomic mass is 35.5. The van der Waals surface area contributed by atoms with E-state index in [0.29, 0.717) is 5.82 Å². The van der Waals surface area contributed by atoms with Crippen molar-refractivity contribution >= 4 is 34.9 Å². The number of nitrogens with one attached hydrogen (secondary N) is 1. The minimum Gasteiger partial charge on any atom is -0.358 e. The van der Waals surface area contributed by atoms with Gasteiger partial charge in [0, 0.05) is 20.2 Å². The third-order valence-electron chi connectivity index (χ3n) is 1.70. The Hall–Kier alpha value is -1.07. The number of carbonyl (C=O) groups is 1. The smallest absolute Gasteiger partial charge is 0.239 e. The molecule has 5 nitrogen and oxygen atoms in total. The summed E-state index contributed by atoms with van der Waals surface area (Å²) in [6.45, 7) is 0.181. The molecule has 1 N–H and O–H groups in total. The molecule has 0 saturated carbocycles. The molecule has 0 saturated heterocycles. The van der Waals surface area contributed by atoms with E-state index in [1.807, 2.05) is 0 Å². The van der Waals surface area contributed by atoms with E-state index in [9.17, 15) is 4.79 Å².